The van der Waals surface area contributed by atoms with Crippen LogP contribution in [0.1, 0.15) is 31.7 Å². The number of esters is 1. The summed E-state index contributed by atoms with van der Waals surface area (Å²) in [5.74, 6) is 0.585. The number of para-hydroxylation sites is 1. The Morgan fingerprint density at radius 1 is 1.14 bits per heavy atom. The van der Waals surface area contributed by atoms with Gasteiger partial charge in [0.1, 0.15) is 5.75 Å². The fourth-order valence-corrected chi connectivity index (χ4v) is 2.14. The van der Waals surface area contributed by atoms with E-state index in [1.54, 1.807) is 19.2 Å². The quantitative estimate of drug-likeness (QED) is 0.754. The van der Waals surface area contributed by atoms with Gasteiger partial charge in [-0.05, 0) is 25.5 Å². The number of ether oxygens (including phenoxy) is 2. The third kappa shape index (κ3) is 3.81. The van der Waals surface area contributed by atoms with Crippen molar-refractivity contribution < 1.29 is 14.3 Å². The Morgan fingerprint density at radius 3 is 2.57 bits per heavy atom. The van der Waals surface area contributed by atoms with Gasteiger partial charge in [-0.15, -0.1) is 0 Å². The highest BCUT2D eigenvalue weighted by atomic mass is 16.5. The molecule has 0 radical (unpaired) electrons. The number of nitrogens with zero attached hydrogens (tertiary/aromatic N) is 1. The van der Waals surface area contributed by atoms with Gasteiger partial charge in [0.2, 0.25) is 5.88 Å². The maximum Gasteiger partial charge on any atom is 0.313 e. The highest BCUT2D eigenvalue weighted by molar-refractivity contribution is 5.79. The zero-order chi connectivity index (χ0) is 15.1. The van der Waals surface area contributed by atoms with E-state index in [0.29, 0.717) is 24.7 Å². The van der Waals surface area contributed by atoms with Crippen LogP contribution >= 0.6 is 0 Å². The number of hydrogen-bond donors (Lipinski definition) is 0. The Hall–Kier alpha value is -2.36. The molecule has 2 rings (SSSR count). The first kappa shape index (κ1) is 15.0. The Morgan fingerprint density at radius 2 is 1.90 bits per heavy atom. The fourth-order valence-electron chi connectivity index (χ4n) is 2.14. The summed E-state index contributed by atoms with van der Waals surface area (Å²) in [6.45, 7) is 4.14. The van der Waals surface area contributed by atoms with Crippen LogP contribution in [0.5, 0.6) is 11.6 Å². The molecule has 21 heavy (non-hydrogen) atoms. The summed E-state index contributed by atoms with van der Waals surface area (Å²) >= 11 is 0. The lowest BCUT2D eigenvalue weighted by Crippen LogP contribution is -2.16. The van der Waals surface area contributed by atoms with Crippen LogP contribution < -0.4 is 4.74 Å². The van der Waals surface area contributed by atoms with E-state index in [0.717, 1.165) is 5.56 Å². The molecule has 0 bridgehead atoms. The van der Waals surface area contributed by atoms with Gasteiger partial charge >= 0.3 is 5.97 Å². The predicted molar refractivity (Wildman–Crippen MR) is 80.4 cm³/mol. The van der Waals surface area contributed by atoms with Crippen LogP contribution in [0.4, 0.5) is 0 Å². The average molecular weight is 285 g/mol. The van der Waals surface area contributed by atoms with Gasteiger partial charge in [0.15, 0.2) is 0 Å². The number of rotatable bonds is 6. The summed E-state index contributed by atoms with van der Waals surface area (Å²) in [5, 5.41) is 0. The van der Waals surface area contributed by atoms with E-state index in [1.807, 2.05) is 43.3 Å². The highest BCUT2D eigenvalue weighted by Crippen LogP contribution is 2.32. The van der Waals surface area contributed by atoms with E-state index < -0.39 is 0 Å². The van der Waals surface area contributed by atoms with Crippen molar-refractivity contribution in [3.05, 3.63) is 54.2 Å². The van der Waals surface area contributed by atoms with E-state index >= 15 is 0 Å². The summed E-state index contributed by atoms with van der Waals surface area (Å²) < 4.78 is 10.9. The van der Waals surface area contributed by atoms with E-state index in [-0.39, 0.29) is 11.9 Å². The van der Waals surface area contributed by atoms with Crippen molar-refractivity contribution in [2.75, 3.05) is 6.61 Å². The van der Waals surface area contributed by atoms with Crippen LogP contribution in [0.2, 0.25) is 0 Å². The molecule has 0 spiro atoms. The first-order chi connectivity index (χ1) is 10.3. The molecule has 4 nitrogen and oxygen atoms in total. The Balaban J connectivity index is 2.29. The summed E-state index contributed by atoms with van der Waals surface area (Å²) in [4.78, 5) is 16.2. The molecule has 1 atom stereocenters. The number of aromatic nitrogens is 1. The van der Waals surface area contributed by atoms with Crippen LogP contribution in [0.15, 0.2) is 48.7 Å². The first-order valence-corrected chi connectivity index (χ1v) is 7.10. The molecular formula is C17H19NO3. The SMILES string of the molecule is CCOC(=O)C(CC)c1ccccc1Oc1ccccn1. The molecule has 4 heteroatoms. The minimum absolute atomic E-state index is 0.225. The molecule has 0 amide bonds. The molecule has 0 saturated heterocycles. The molecule has 1 heterocycles. The van der Waals surface area contributed by atoms with Crippen molar-refractivity contribution in [1.82, 2.24) is 4.98 Å². The largest absolute Gasteiger partial charge is 0.466 e. The van der Waals surface area contributed by atoms with Crippen LogP contribution in [0, 0.1) is 0 Å². The Bertz CT molecular complexity index is 584. The standard InChI is InChI=1S/C17H19NO3/c1-3-13(17(19)20-4-2)14-9-5-6-10-15(14)21-16-11-7-8-12-18-16/h5-13H,3-4H2,1-2H3. The van der Waals surface area contributed by atoms with Crippen molar-refractivity contribution in [2.45, 2.75) is 26.2 Å². The van der Waals surface area contributed by atoms with E-state index in [2.05, 4.69) is 4.98 Å². The van der Waals surface area contributed by atoms with Crippen molar-refractivity contribution in [1.29, 1.82) is 0 Å². The molecule has 2 aromatic rings. The summed E-state index contributed by atoms with van der Waals surface area (Å²) in [7, 11) is 0. The molecule has 0 N–H and O–H groups in total. The van der Waals surface area contributed by atoms with Crippen molar-refractivity contribution in [2.24, 2.45) is 0 Å². The third-order valence-electron chi connectivity index (χ3n) is 3.13. The molecular weight excluding hydrogens is 266 g/mol. The van der Waals surface area contributed by atoms with Gasteiger partial charge in [0, 0.05) is 17.8 Å². The van der Waals surface area contributed by atoms with E-state index in [4.69, 9.17) is 9.47 Å². The number of benzene rings is 1. The van der Waals surface area contributed by atoms with Gasteiger partial charge in [-0.2, -0.15) is 0 Å². The molecule has 1 aromatic heterocycles. The van der Waals surface area contributed by atoms with Crippen LogP contribution in [-0.4, -0.2) is 17.6 Å². The topological polar surface area (TPSA) is 48.4 Å². The number of pyridine rings is 1. The Labute approximate surface area is 124 Å². The molecule has 0 aliphatic rings. The van der Waals surface area contributed by atoms with Crippen LogP contribution in [0.25, 0.3) is 0 Å². The van der Waals surface area contributed by atoms with Gasteiger partial charge in [0.25, 0.3) is 0 Å². The maximum absolute atomic E-state index is 12.1. The zero-order valence-electron chi connectivity index (χ0n) is 12.3. The lowest BCUT2D eigenvalue weighted by molar-refractivity contribution is -0.145. The minimum atomic E-state index is -0.329. The van der Waals surface area contributed by atoms with Gasteiger partial charge in [-0.1, -0.05) is 31.2 Å². The lowest BCUT2D eigenvalue weighted by Gasteiger charge is -2.17. The second-order valence-electron chi connectivity index (χ2n) is 4.52. The Kier molecular flexibility index (Phi) is 5.32. The second-order valence-corrected chi connectivity index (χ2v) is 4.52. The normalized spacial score (nSPS) is 11.7. The van der Waals surface area contributed by atoms with Gasteiger partial charge in [0.05, 0.1) is 12.5 Å². The molecule has 1 aromatic carbocycles. The molecule has 110 valence electrons. The van der Waals surface area contributed by atoms with Gasteiger partial charge in [-0.3, -0.25) is 4.79 Å². The average Bonchev–Trinajstić information content (AvgIpc) is 2.51. The summed E-state index contributed by atoms with van der Waals surface area (Å²) in [6.07, 6.45) is 2.32. The van der Waals surface area contributed by atoms with Gasteiger partial charge < -0.3 is 9.47 Å². The summed E-state index contributed by atoms with van der Waals surface area (Å²) in [5.41, 5.74) is 0.823. The lowest BCUT2D eigenvalue weighted by atomic mass is 9.95. The molecule has 0 fully saturated rings. The van der Waals surface area contributed by atoms with Crippen molar-refractivity contribution in [3.8, 4) is 11.6 Å². The zero-order valence-corrected chi connectivity index (χ0v) is 12.3. The monoisotopic (exact) mass is 285 g/mol. The number of carbonyl (C=O) groups excluding carboxylic acids is 1. The molecule has 0 aliphatic carbocycles. The van der Waals surface area contributed by atoms with E-state index in [9.17, 15) is 4.79 Å². The van der Waals surface area contributed by atoms with Crippen LogP contribution in [-0.2, 0) is 9.53 Å². The van der Waals surface area contributed by atoms with Gasteiger partial charge in [-0.25, -0.2) is 4.98 Å². The number of carbonyl (C=O) groups is 1. The number of hydrogen-bond acceptors (Lipinski definition) is 4. The second kappa shape index (κ2) is 7.43. The molecule has 0 aliphatic heterocycles. The minimum Gasteiger partial charge on any atom is -0.466 e. The van der Waals surface area contributed by atoms with Crippen molar-refractivity contribution >= 4 is 5.97 Å². The van der Waals surface area contributed by atoms with Crippen molar-refractivity contribution in [3.63, 3.8) is 0 Å². The smallest absolute Gasteiger partial charge is 0.313 e. The van der Waals surface area contributed by atoms with Crippen LogP contribution in [0.3, 0.4) is 0 Å². The predicted octanol–water partition coefficient (Wildman–Crippen LogP) is 3.93. The molecule has 1 unspecified atom stereocenters. The molecule has 0 saturated carbocycles. The third-order valence-corrected chi connectivity index (χ3v) is 3.13. The van der Waals surface area contributed by atoms with E-state index in [1.165, 1.54) is 0 Å². The first-order valence-electron chi connectivity index (χ1n) is 7.10. The maximum atomic E-state index is 12.1. The fraction of sp³-hybridized carbons (Fsp3) is 0.294. The summed E-state index contributed by atoms with van der Waals surface area (Å²) in [6, 6.07) is 13.0. The highest BCUT2D eigenvalue weighted by Gasteiger charge is 2.23.